The molecule has 0 atom stereocenters. The molecular formula is C14H20ClN3O2. The van der Waals surface area contributed by atoms with E-state index in [1.165, 1.54) is 0 Å². The number of hydrogen-bond donors (Lipinski definition) is 1. The standard InChI is InChI=1S/C14H20ClN3O2/c1-17-5-7-18(8-6-17)13(19)10-20-14-11(9-16)3-2-4-12(14)15/h2-4H,5-10,16H2,1H3. The third-order valence-electron chi connectivity index (χ3n) is 3.46. The molecule has 1 aliphatic rings. The summed E-state index contributed by atoms with van der Waals surface area (Å²) in [7, 11) is 2.05. The Morgan fingerprint density at radius 3 is 2.70 bits per heavy atom. The van der Waals surface area contributed by atoms with Crippen LogP contribution in [-0.4, -0.2) is 55.5 Å². The number of ether oxygens (including phenoxy) is 1. The molecule has 0 radical (unpaired) electrons. The predicted molar refractivity (Wildman–Crippen MR) is 78.9 cm³/mol. The number of nitrogens with two attached hydrogens (primary N) is 1. The summed E-state index contributed by atoms with van der Waals surface area (Å²) in [6.45, 7) is 3.60. The summed E-state index contributed by atoms with van der Waals surface area (Å²) >= 11 is 6.08. The van der Waals surface area contributed by atoms with Gasteiger partial charge in [-0.3, -0.25) is 4.79 Å². The minimum atomic E-state index is -0.0130. The number of benzene rings is 1. The van der Waals surface area contributed by atoms with Gasteiger partial charge in [-0.05, 0) is 13.1 Å². The van der Waals surface area contributed by atoms with E-state index in [1.54, 1.807) is 6.07 Å². The van der Waals surface area contributed by atoms with Crippen LogP contribution in [0.2, 0.25) is 5.02 Å². The van der Waals surface area contributed by atoms with Crippen LogP contribution in [0.15, 0.2) is 18.2 Å². The van der Waals surface area contributed by atoms with Crippen LogP contribution >= 0.6 is 11.6 Å². The molecule has 1 fully saturated rings. The van der Waals surface area contributed by atoms with Crippen molar-refractivity contribution >= 4 is 17.5 Å². The maximum absolute atomic E-state index is 12.1. The molecule has 6 heteroatoms. The second-order valence-electron chi connectivity index (χ2n) is 4.90. The number of nitrogens with zero attached hydrogens (tertiary/aromatic N) is 2. The highest BCUT2D eigenvalue weighted by atomic mass is 35.5. The molecule has 1 saturated heterocycles. The molecule has 20 heavy (non-hydrogen) atoms. The van der Waals surface area contributed by atoms with Gasteiger partial charge in [-0.15, -0.1) is 0 Å². The molecule has 0 saturated carbocycles. The quantitative estimate of drug-likeness (QED) is 0.899. The first-order valence-electron chi connectivity index (χ1n) is 6.68. The second kappa shape index (κ2) is 6.92. The Morgan fingerprint density at radius 2 is 2.05 bits per heavy atom. The summed E-state index contributed by atoms with van der Waals surface area (Å²) in [5, 5.41) is 0.485. The summed E-state index contributed by atoms with van der Waals surface area (Å²) in [5.74, 6) is 0.500. The fourth-order valence-electron chi connectivity index (χ4n) is 2.16. The van der Waals surface area contributed by atoms with E-state index in [0.717, 1.165) is 31.7 Å². The summed E-state index contributed by atoms with van der Waals surface area (Å²) in [6, 6.07) is 5.40. The van der Waals surface area contributed by atoms with Crippen molar-refractivity contribution in [3.63, 3.8) is 0 Å². The van der Waals surface area contributed by atoms with Crippen molar-refractivity contribution in [3.8, 4) is 5.75 Å². The van der Waals surface area contributed by atoms with Crippen LogP contribution in [0, 0.1) is 0 Å². The summed E-state index contributed by atoms with van der Waals surface area (Å²) in [4.78, 5) is 16.1. The number of piperazine rings is 1. The van der Waals surface area contributed by atoms with Crippen LogP contribution in [0.25, 0.3) is 0 Å². The van der Waals surface area contributed by atoms with Crippen molar-refractivity contribution in [2.24, 2.45) is 5.73 Å². The van der Waals surface area contributed by atoms with Crippen LogP contribution in [0.3, 0.4) is 0 Å². The molecule has 2 rings (SSSR count). The van der Waals surface area contributed by atoms with Gasteiger partial charge in [0.1, 0.15) is 5.75 Å². The molecule has 5 nitrogen and oxygen atoms in total. The smallest absolute Gasteiger partial charge is 0.260 e. The molecule has 1 aromatic rings. The van der Waals surface area contributed by atoms with Crippen LogP contribution in [0.5, 0.6) is 5.75 Å². The van der Waals surface area contributed by atoms with Crippen molar-refractivity contribution in [3.05, 3.63) is 28.8 Å². The lowest BCUT2D eigenvalue weighted by Gasteiger charge is -2.32. The molecule has 0 spiro atoms. The maximum Gasteiger partial charge on any atom is 0.260 e. The molecule has 1 aromatic carbocycles. The first kappa shape index (κ1) is 15.1. The molecule has 2 N–H and O–H groups in total. The fourth-order valence-corrected chi connectivity index (χ4v) is 2.41. The molecule has 1 heterocycles. The van der Waals surface area contributed by atoms with Crippen LogP contribution < -0.4 is 10.5 Å². The third-order valence-corrected chi connectivity index (χ3v) is 3.76. The third kappa shape index (κ3) is 3.62. The average molecular weight is 298 g/mol. The number of para-hydroxylation sites is 1. The van der Waals surface area contributed by atoms with E-state index in [0.29, 0.717) is 17.3 Å². The number of halogens is 1. The summed E-state index contributed by atoms with van der Waals surface area (Å²) in [6.07, 6.45) is 0. The first-order valence-corrected chi connectivity index (χ1v) is 7.06. The lowest BCUT2D eigenvalue weighted by Crippen LogP contribution is -2.48. The summed E-state index contributed by atoms with van der Waals surface area (Å²) in [5.41, 5.74) is 6.45. The van der Waals surface area contributed by atoms with E-state index in [2.05, 4.69) is 11.9 Å². The molecule has 0 aromatic heterocycles. The Morgan fingerprint density at radius 1 is 1.35 bits per heavy atom. The topological polar surface area (TPSA) is 58.8 Å². The van der Waals surface area contributed by atoms with E-state index in [4.69, 9.17) is 22.1 Å². The number of amides is 1. The van der Waals surface area contributed by atoms with E-state index in [9.17, 15) is 4.79 Å². The van der Waals surface area contributed by atoms with Gasteiger partial charge < -0.3 is 20.3 Å². The Kier molecular flexibility index (Phi) is 5.23. The van der Waals surface area contributed by atoms with Crippen molar-refractivity contribution < 1.29 is 9.53 Å². The predicted octanol–water partition coefficient (Wildman–Crippen LogP) is 0.951. The molecule has 0 aliphatic carbocycles. The normalized spacial score (nSPS) is 16.2. The Balaban J connectivity index is 1.93. The highest BCUT2D eigenvalue weighted by Gasteiger charge is 2.20. The van der Waals surface area contributed by atoms with E-state index in [-0.39, 0.29) is 12.5 Å². The summed E-state index contributed by atoms with van der Waals surface area (Å²) < 4.78 is 5.58. The lowest BCUT2D eigenvalue weighted by molar-refractivity contribution is -0.134. The van der Waals surface area contributed by atoms with Crippen molar-refractivity contribution in [2.75, 3.05) is 39.8 Å². The number of carbonyl (C=O) groups is 1. The van der Waals surface area contributed by atoms with Gasteiger partial charge in [-0.1, -0.05) is 23.7 Å². The molecule has 0 bridgehead atoms. The number of hydrogen-bond acceptors (Lipinski definition) is 4. The highest BCUT2D eigenvalue weighted by Crippen LogP contribution is 2.28. The van der Waals surface area contributed by atoms with Crippen molar-refractivity contribution in [2.45, 2.75) is 6.54 Å². The Hall–Kier alpha value is -1.30. The van der Waals surface area contributed by atoms with Crippen LogP contribution in [0.4, 0.5) is 0 Å². The van der Waals surface area contributed by atoms with Gasteiger partial charge in [0.15, 0.2) is 6.61 Å². The van der Waals surface area contributed by atoms with Gasteiger partial charge in [0.25, 0.3) is 5.91 Å². The highest BCUT2D eigenvalue weighted by molar-refractivity contribution is 6.32. The average Bonchev–Trinajstić information content (AvgIpc) is 2.46. The zero-order valence-electron chi connectivity index (χ0n) is 11.6. The SMILES string of the molecule is CN1CCN(C(=O)COc2c(Cl)cccc2CN)CC1. The maximum atomic E-state index is 12.1. The molecule has 110 valence electrons. The minimum absolute atomic E-state index is 0.000444. The van der Waals surface area contributed by atoms with Crippen LogP contribution in [0.1, 0.15) is 5.56 Å². The van der Waals surface area contributed by atoms with Crippen molar-refractivity contribution in [1.82, 2.24) is 9.80 Å². The second-order valence-corrected chi connectivity index (χ2v) is 5.31. The van der Waals surface area contributed by atoms with Gasteiger partial charge in [0, 0.05) is 38.3 Å². The van der Waals surface area contributed by atoms with Crippen LogP contribution in [-0.2, 0) is 11.3 Å². The zero-order chi connectivity index (χ0) is 14.5. The first-order chi connectivity index (χ1) is 9.61. The minimum Gasteiger partial charge on any atom is -0.482 e. The Bertz CT molecular complexity index is 473. The number of carbonyl (C=O) groups excluding carboxylic acids is 1. The largest absolute Gasteiger partial charge is 0.482 e. The lowest BCUT2D eigenvalue weighted by atomic mass is 10.2. The molecule has 1 aliphatic heterocycles. The molecular weight excluding hydrogens is 278 g/mol. The number of likely N-dealkylation sites (N-methyl/N-ethyl adjacent to an activating group) is 1. The van der Waals surface area contributed by atoms with Gasteiger partial charge >= 0.3 is 0 Å². The van der Waals surface area contributed by atoms with Gasteiger partial charge in [0.05, 0.1) is 5.02 Å². The monoisotopic (exact) mass is 297 g/mol. The molecule has 0 unspecified atom stereocenters. The van der Waals surface area contributed by atoms with Gasteiger partial charge in [-0.2, -0.15) is 0 Å². The van der Waals surface area contributed by atoms with Gasteiger partial charge in [-0.25, -0.2) is 0 Å². The van der Waals surface area contributed by atoms with E-state index >= 15 is 0 Å². The van der Waals surface area contributed by atoms with E-state index < -0.39 is 0 Å². The fraction of sp³-hybridized carbons (Fsp3) is 0.500. The molecule has 1 amide bonds. The number of rotatable bonds is 4. The zero-order valence-corrected chi connectivity index (χ0v) is 12.4. The van der Waals surface area contributed by atoms with Gasteiger partial charge in [0.2, 0.25) is 0 Å². The van der Waals surface area contributed by atoms with Crippen molar-refractivity contribution in [1.29, 1.82) is 0 Å². The Labute approximate surface area is 124 Å². The van der Waals surface area contributed by atoms with E-state index in [1.807, 2.05) is 17.0 Å².